The number of hydrogen-bond acceptors (Lipinski definition) is 5. The zero-order valence-electron chi connectivity index (χ0n) is 10.1. The number of benzene rings is 1. The maximum Gasteiger partial charge on any atom is 0.354 e. The van der Waals surface area contributed by atoms with Crippen molar-refractivity contribution < 1.29 is 13.9 Å². The predicted molar refractivity (Wildman–Crippen MR) is 67.6 cm³/mol. The zero-order valence-corrected chi connectivity index (χ0v) is 10.1. The van der Waals surface area contributed by atoms with Crippen LogP contribution in [-0.4, -0.2) is 5.97 Å². The lowest BCUT2D eigenvalue weighted by molar-refractivity contribution is -0.130. The first-order valence-electron chi connectivity index (χ1n) is 5.37. The summed E-state index contributed by atoms with van der Waals surface area (Å²) in [5.41, 5.74) is -0.282. The summed E-state index contributed by atoms with van der Waals surface area (Å²) in [6.45, 7) is 5.00. The Bertz CT molecular complexity index is 780. The molecule has 0 aliphatic rings. The molecule has 0 saturated heterocycles. The molecule has 0 amide bonds. The van der Waals surface area contributed by atoms with Crippen LogP contribution in [-0.2, 0) is 4.79 Å². The Balaban J connectivity index is 2.47. The first-order valence-corrected chi connectivity index (χ1v) is 5.37. The highest BCUT2D eigenvalue weighted by Crippen LogP contribution is 2.21. The molecule has 0 aliphatic carbocycles. The van der Waals surface area contributed by atoms with E-state index >= 15 is 0 Å². The molecule has 0 fully saturated rings. The number of hydrogen-bond donors (Lipinski definition) is 0. The predicted octanol–water partition coefficient (Wildman–Crippen LogP) is 2.15. The molecule has 0 N–H and O–H groups in total. The second-order valence-electron chi connectivity index (χ2n) is 3.93. The quantitative estimate of drug-likeness (QED) is 0.355. The van der Waals surface area contributed by atoms with Crippen molar-refractivity contribution in [2.75, 3.05) is 0 Å². The first kappa shape index (κ1) is 12.6. The molecule has 1 aromatic carbocycles. The lowest BCUT2D eigenvalue weighted by Crippen LogP contribution is -2.08. The van der Waals surface area contributed by atoms with E-state index in [1.807, 2.05) is 0 Å². The number of nitriles is 1. The third-order valence-corrected chi connectivity index (χ3v) is 2.39. The van der Waals surface area contributed by atoms with Crippen molar-refractivity contribution in [3.05, 3.63) is 52.4 Å². The molecule has 0 atom stereocenters. The summed E-state index contributed by atoms with van der Waals surface area (Å²) in [6, 6.07) is 7.73. The maximum absolute atomic E-state index is 11.4. The number of esters is 1. The summed E-state index contributed by atoms with van der Waals surface area (Å²) < 4.78 is 9.99. The van der Waals surface area contributed by atoms with E-state index in [0.717, 1.165) is 0 Å². The van der Waals surface area contributed by atoms with Gasteiger partial charge in [0.15, 0.2) is 0 Å². The molecule has 0 unspecified atom stereocenters. The Kier molecular flexibility index (Phi) is 3.17. The van der Waals surface area contributed by atoms with Gasteiger partial charge in [-0.15, -0.1) is 0 Å². The molecule has 0 saturated carbocycles. The summed E-state index contributed by atoms with van der Waals surface area (Å²) in [6.07, 6.45) is 0. The summed E-state index contributed by atoms with van der Waals surface area (Å²) in [4.78, 5) is 22.8. The summed E-state index contributed by atoms with van der Waals surface area (Å²) >= 11 is 0. The molecule has 1 heterocycles. The van der Waals surface area contributed by atoms with Gasteiger partial charge in [-0.2, -0.15) is 5.26 Å². The average Bonchev–Trinajstić information content (AvgIpc) is 2.37. The fourth-order valence-corrected chi connectivity index (χ4v) is 1.43. The lowest BCUT2D eigenvalue weighted by Gasteiger charge is -2.04. The van der Waals surface area contributed by atoms with Gasteiger partial charge in [0, 0.05) is 17.0 Å². The van der Waals surface area contributed by atoms with Gasteiger partial charge in [-0.05, 0) is 25.1 Å². The van der Waals surface area contributed by atoms with Crippen LogP contribution in [0, 0.1) is 11.3 Å². The summed E-state index contributed by atoms with van der Waals surface area (Å²) in [5.74, 6) is -0.316. The van der Waals surface area contributed by atoms with Crippen LogP contribution in [0.15, 0.2) is 45.6 Å². The normalized spacial score (nSPS) is 9.89. The molecule has 94 valence electrons. The van der Waals surface area contributed by atoms with Gasteiger partial charge in [0.05, 0.1) is 0 Å². The SMILES string of the molecule is C=C(C)C(=O)Oc1ccc2cc(C#N)c(=O)oc2c1. The van der Waals surface area contributed by atoms with E-state index in [1.165, 1.54) is 19.1 Å². The lowest BCUT2D eigenvalue weighted by atomic mass is 10.2. The molecule has 2 aromatic rings. The van der Waals surface area contributed by atoms with E-state index in [-0.39, 0.29) is 22.5 Å². The smallest absolute Gasteiger partial charge is 0.354 e. The van der Waals surface area contributed by atoms with Crippen molar-refractivity contribution in [2.24, 2.45) is 0 Å². The van der Waals surface area contributed by atoms with E-state index < -0.39 is 11.6 Å². The summed E-state index contributed by atoms with van der Waals surface area (Å²) in [5, 5.41) is 9.30. The van der Waals surface area contributed by atoms with Crippen molar-refractivity contribution in [1.29, 1.82) is 5.26 Å². The number of fused-ring (bicyclic) bond motifs is 1. The number of ether oxygens (including phenoxy) is 1. The maximum atomic E-state index is 11.4. The van der Waals surface area contributed by atoms with Gasteiger partial charge < -0.3 is 9.15 Å². The fraction of sp³-hybridized carbons (Fsp3) is 0.0714. The van der Waals surface area contributed by atoms with Crippen LogP contribution >= 0.6 is 0 Å². The molecule has 1 aromatic heterocycles. The minimum atomic E-state index is -0.724. The fourth-order valence-electron chi connectivity index (χ4n) is 1.43. The van der Waals surface area contributed by atoms with Crippen LogP contribution in [0.5, 0.6) is 5.75 Å². The molecule has 19 heavy (non-hydrogen) atoms. The number of rotatable bonds is 2. The van der Waals surface area contributed by atoms with Crippen LogP contribution in [0.25, 0.3) is 11.0 Å². The minimum Gasteiger partial charge on any atom is -0.423 e. The van der Waals surface area contributed by atoms with Gasteiger partial charge in [0.2, 0.25) is 0 Å². The molecule has 0 radical (unpaired) electrons. The Labute approximate surface area is 108 Å². The van der Waals surface area contributed by atoms with Crippen molar-refractivity contribution in [3.63, 3.8) is 0 Å². The molecular formula is C14H9NO4. The van der Waals surface area contributed by atoms with Crippen LogP contribution in [0.2, 0.25) is 0 Å². The standard InChI is InChI=1S/C14H9NO4/c1-8(2)13(16)18-11-4-3-9-5-10(7-15)14(17)19-12(9)6-11/h3-6H,1H2,2H3. The van der Waals surface area contributed by atoms with Gasteiger partial charge in [0.1, 0.15) is 23.0 Å². The van der Waals surface area contributed by atoms with Gasteiger partial charge in [-0.25, -0.2) is 9.59 Å². The number of carbonyl (C=O) groups is 1. The largest absolute Gasteiger partial charge is 0.423 e. The second-order valence-corrected chi connectivity index (χ2v) is 3.93. The van der Waals surface area contributed by atoms with Crippen molar-refractivity contribution in [3.8, 4) is 11.8 Å². The van der Waals surface area contributed by atoms with E-state index in [2.05, 4.69) is 6.58 Å². The Morgan fingerprint density at radius 2 is 2.16 bits per heavy atom. The first-order chi connectivity index (χ1) is 9.01. The van der Waals surface area contributed by atoms with Crippen LogP contribution in [0.3, 0.4) is 0 Å². The molecule has 0 spiro atoms. The van der Waals surface area contributed by atoms with Gasteiger partial charge in [0.25, 0.3) is 0 Å². The molecule has 0 bridgehead atoms. The van der Waals surface area contributed by atoms with Gasteiger partial charge in [-0.1, -0.05) is 6.58 Å². The number of carbonyl (C=O) groups excluding carboxylic acids is 1. The van der Waals surface area contributed by atoms with E-state index in [0.29, 0.717) is 5.39 Å². The molecule has 2 rings (SSSR count). The third kappa shape index (κ3) is 2.53. The highest BCUT2D eigenvalue weighted by Gasteiger charge is 2.09. The van der Waals surface area contributed by atoms with E-state index in [4.69, 9.17) is 14.4 Å². The Morgan fingerprint density at radius 3 is 2.79 bits per heavy atom. The summed E-state index contributed by atoms with van der Waals surface area (Å²) in [7, 11) is 0. The minimum absolute atomic E-state index is 0.0702. The highest BCUT2D eigenvalue weighted by molar-refractivity contribution is 5.89. The Morgan fingerprint density at radius 1 is 1.42 bits per heavy atom. The monoisotopic (exact) mass is 255 g/mol. The van der Waals surface area contributed by atoms with Crippen LogP contribution < -0.4 is 10.4 Å². The molecular weight excluding hydrogens is 246 g/mol. The van der Waals surface area contributed by atoms with E-state index in [9.17, 15) is 9.59 Å². The topological polar surface area (TPSA) is 80.3 Å². The molecule has 5 nitrogen and oxygen atoms in total. The van der Waals surface area contributed by atoms with Crippen molar-refractivity contribution in [2.45, 2.75) is 6.92 Å². The second kappa shape index (κ2) is 4.78. The Hall–Kier alpha value is -2.87. The van der Waals surface area contributed by atoms with Gasteiger partial charge in [-0.3, -0.25) is 0 Å². The number of nitrogens with zero attached hydrogens (tertiary/aromatic N) is 1. The molecule has 0 aliphatic heterocycles. The van der Waals surface area contributed by atoms with Crippen LogP contribution in [0.4, 0.5) is 0 Å². The van der Waals surface area contributed by atoms with Gasteiger partial charge >= 0.3 is 11.6 Å². The zero-order chi connectivity index (χ0) is 14.0. The van der Waals surface area contributed by atoms with E-state index in [1.54, 1.807) is 18.2 Å². The van der Waals surface area contributed by atoms with Crippen molar-refractivity contribution in [1.82, 2.24) is 0 Å². The third-order valence-electron chi connectivity index (χ3n) is 2.39. The molecule has 5 heteroatoms. The average molecular weight is 255 g/mol. The highest BCUT2D eigenvalue weighted by atomic mass is 16.5. The van der Waals surface area contributed by atoms with Crippen molar-refractivity contribution >= 4 is 16.9 Å². The van der Waals surface area contributed by atoms with Crippen LogP contribution in [0.1, 0.15) is 12.5 Å².